The molecular weight excluding hydrogens is 128 g/mol. The Labute approximate surface area is 61.0 Å². The van der Waals surface area contributed by atoms with Gasteiger partial charge in [-0.15, -0.1) is 0 Å². The van der Waals surface area contributed by atoms with Gasteiger partial charge in [0, 0.05) is 5.92 Å². The van der Waals surface area contributed by atoms with Crippen LogP contribution >= 0.6 is 0 Å². The third kappa shape index (κ3) is 1.48. The van der Waals surface area contributed by atoms with Gasteiger partial charge in [-0.2, -0.15) is 0 Å². The fourth-order valence-electron chi connectivity index (χ4n) is 1.34. The number of nitrogens with one attached hydrogen (secondary N) is 1. The first-order chi connectivity index (χ1) is 4.72. The van der Waals surface area contributed by atoms with Crippen LogP contribution in [0.15, 0.2) is 0 Å². The maximum Gasteiger partial charge on any atom is 0.220 e. The minimum Gasteiger partial charge on any atom is -0.369 e. The van der Waals surface area contributed by atoms with Gasteiger partial charge in [0.25, 0.3) is 0 Å². The van der Waals surface area contributed by atoms with Crippen LogP contribution in [0.5, 0.6) is 0 Å². The topological polar surface area (TPSA) is 55.1 Å². The lowest BCUT2D eigenvalue weighted by Gasteiger charge is -2.13. The van der Waals surface area contributed by atoms with Crippen molar-refractivity contribution in [1.29, 1.82) is 0 Å². The molecule has 1 heterocycles. The summed E-state index contributed by atoms with van der Waals surface area (Å²) in [6.07, 6.45) is 1.09. The Balaban J connectivity index is 2.39. The van der Waals surface area contributed by atoms with Gasteiger partial charge < -0.3 is 11.1 Å². The zero-order valence-corrected chi connectivity index (χ0v) is 6.26. The van der Waals surface area contributed by atoms with Crippen molar-refractivity contribution in [1.82, 2.24) is 5.32 Å². The van der Waals surface area contributed by atoms with E-state index in [2.05, 4.69) is 5.32 Å². The van der Waals surface area contributed by atoms with Gasteiger partial charge >= 0.3 is 0 Å². The highest BCUT2D eigenvalue weighted by Crippen LogP contribution is 2.17. The highest BCUT2D eigenvalue weighted by Gasteiger charge is 2.24. The number of nitrogens with two attached hydrogens (primary N) is 1. The Morgan fingerprint density at radius 1 is 1.80 bits per heavy atom. The maximum atomic E-state index is 10.7. The third-order valence-corrected chi connectivity index (χ3v) is 2.25. The van der Waals surface area contributed by atoms with Crippen molar-refractivity contribution in [3.63, 3.8) is 0 Å². The van der Waals surface area contributed by atoms with Crippen LogP contribution < -0.4 is 11.1 Å². The summed E-state index contributed by atoms with van der Waals surface area (Å²) in [6, 6.07) is 0. The predicted molar refractivity (Wildman–Crippen MR) is 39.3 cm³/mol. The standard InChI is InChI=1S/C7H14N2O/c1-5(7(8)10)6-2-3-9-4-6/h5-6,9H,2-4H2,1H3,(H2,8,10)/t5?,6-/m1/s1. The lowest BCUT2D eigenvalue weighted by Crippen LogP contribution is -2.28. The highest BCUT2D eigenvalue weighted by molar-refractivity contribution is 5.76. The van der Waals surface area contributed by atoms with Crippen LogP contribution in [-0.2, 0) is 4.79 Å². The smallest absolute Gasteiger partial charge is 0.220 e. The van der Waals surface area contributed by atoms with E-state index < -0.39 is 0 Å². The van der Waals surface area contributed by atoms with E-state index in [1.165, 1.54) is 0 Å². The van der Waals surface area contributed by atoms with Crippen LogP contribution in [0.3, 0.4) is 0 Å². The summed E-state index contributed by atoms with van der Waals surface area (Å²) in [6.45, 7) is 3.88. The molecule has 0 aromatic rings. The summed E-state index contributed by atoms with van der Waals surface area (Å²) in [5.74, 6) is 0.334. The van der Waals surface area contributed by atoms with Crippen molar-refractivity contribution in [3.05, 3.63) is 0 Å². The molecule has 1 aliphatic rings. The molecule has 3 nitrogen and oxygen atoms in total. The largest absolute Gasteiger partial charge is 0.369 e. The van der Waals surface area contributed by atoms with E-state index in [4.69, 9.17) is 5.73 Å². The molecule has 58 valence electrons. The van der Waals surface area contributed by atoms with Gasteiger partial charge in [-0.25, -0.2) is 0 Å². The third-order valence-electron chi connectivity index (χ3n) is 2.25. The first kappa shape index (κ1) is 7.54. The highest BCUT2D eigenvalue weighted by atomic mass is 16.1. The minimum absolute atomic E-state index is 0.0370. The molecule has 3 heteroatoms. The number of carbonyl (C=O) groups excluding carboxylic acids is 1. The maximum absolute atomic E-state index is 10.7. The molecule has 0 aromatic carbocycles. The van der Waals surface area contributed by atoms with Gasteiger partial charge in [0.2, 0.25) is 5.91 Å². The van der Waals surface area contributed by atoms with Gasteiger partial charge in [-0.1, -0.05) is 6.92 Å². The van der Waals surface area contributed by atoms with Gasteiger partial charge in [0.1, 0.15) is 0 Å². The number of amides is 1. The zero-order valence-electron chi connectivity index (χ0n) is 6.26. The molecule has 0 spiro atoms. The van der Waals surface area contributed by atoms with Gasteiger partial charge in [0.15, 0.2) is 0 Å². The van der Waals surface area contributed by atoms with Crippen LogP contribution in [0.2, 0.25) is 0 Å². The Morgan fingerprint density at radius 2 is 2.50 bits per heavy atom. The van der Waals surface area contributed by atoms with E-state index in [0.29, 0.717) is 5.92 Å². The molecule has 0 aliphatic carbocycles. The van der Waals surface area contributed by atoms with E-state index in [-0.39, 0.29) is 11.8 Å². The van der Waals surface area contributed by atoms with Crippen molar-refractivity contribution in [3.8, 4) is 0 Å². The molecule has 1 saturated heterocycles. The van der Waals surface area contributed by atoms with Gasteiger partial charge in [-0.3, -0.25) is 4.79 Å². The molecule has 10 heavy (non-hydrogen) atoms. The molecule has 1 fully saturated rings. The Morgan fingerprint density at radius 3 is 2.90 bits per heavy atom. The number of hydrogen-bond acceptors (Lipinski definition) is 2. The van der Waals surface area contributed by atoms with Gasteiger partial charge in [0.05, 0.1) is 0 Å². The first-order valence-corrected chi connectivity index (χ1v) is 3.72. The SMILES string of the molecule is CC(C(N)=O)[C@@H]1CCNC1. The second kappa shape index (κ2) is 3.01. The summed E-state index contributed by atoms with van der Waals surface area (Å²) in [4.78, 5) is 10.7. The van der Waals surface area contributed by atoms with Crippen LogP contribution in [0.25, 0.3) is 0 Å². The summed E-state index contributed by atoms with van der Waals surface area (Å²) in [7, 11) is 0. The normalized spacial score (nSPS) is 28.3. The second-order valence-corrected chi connectivity index (χ2v) is 2.94. The predicted octanol–water partition coefficient (Wildman–Crippen LogP) is -0.283. The van der Waals surface area contributed by atoms with E-state index in [9.17, 15) is 4.79 Å². The molecule has 0 aromatic heterocycles. The average Bonchev–Trinajstić information content (AvgIpc) is 2.36. The van der Waals surface area contributed by atoms with Crippen LogP contribution in [0, 0.1) is 11.8 Å². The fraction of sp³-hybridized carbons (Fsp3) is 0.857. The number of hydrogen-bond donors (Lipinski definition) is 2. The van der Waals surface area contributed by atoms with Crippen LogP contribution in [0.4, 0.5) is 0 Å². The Kier molecular flexibility index (Phi) is 2.27. The minimum atomic E-state index is -0.172. The Bertz CT molecular complexity index is 130. The first-order valence-electron chi connectivity index (χ1n) is 3.72. The molecule has 1 unspecified atom stereocenters. The molecule has 0 bridgehead atoms. The molecule has 3 N–H and O–H groups in total. The monoisotopic (exact) mass is 142 g/mol. The summed E-state index contributed by atoms with van der Waals surface area (Å²) in [5.41, 5.74) is 5.15. The van der Waals surface area contributed by atoms with E-state index in [1.807, 2.05) is 6.92 Å². The van der Waals surface area contributed by atoms with Crippen molar-refractivity contribution >= 4 is 5.91 Å². The molecule has 2 atom stereocenters. The molecule has 1 aliphatic heterocycles. The van der Waals surface area contributed by atoms with Crippen LogP contribution in [0.1, 0.15) is 13.3 Å². The molecule has 1 amide bonds. The number of carbonyl (C=O) groups is 1. The molecular formula is C7H14N2O. The van der Waals surface area contributed by atoms with Crippen LogP contribution in [-0.4, -0.2) is 19.0 Å². The lowest BCUT2D eigenvalue weighted by molar-refractivity contribution is -0.122. The summed E-state index contributed by atoms with van der Waals surface area (Å²) >= 11 is 0. The van der Waals surface area contributed by atoms with Crippen molar-refractivity contribution in [2.75, 3.05) is 13.1 Å². The van der Waals surface area contributed by atoms with E-state index >= 15 is 0 Å². The second-order valence-electron chi connectivity index (χ2n) is 2.94. The summed E-state index contributed by atoms with van der Waals surface area (Å²) < 4.78 is 0. The fourth-order valence-corrected chi connectivity index (χ4v) is 1.34. The lowest BCUT2D eigenvalue weighted by atomic mass is 9.93. The van der Waals surface area contributed by atoms with Crippen molar-refractivity contribution in [2.24, 2.45) is 17.6 Å². The Hall–Kier alpha value is -0.570. The van der Waals surface area contributed by atoms with E-state index in [1.54, 1.807) is 0 Å². The van der Waals surface area contributed by atoms with Crippen molar-refractivity contribution < 1.29 is 4.79 Å². The molecule has 0 saturated carbocycles. The molecule has 1 rings (SSSR count). The quantitative estimate of drug-likeness (QED) is 0.557. The zero-order chi connectivity index (χ0) is 7.56. The van der Waals surface area contributed by atoms with Crippen molar-refractivity contribution in [2.45, 2.75) is 13.3 Å². The number of primary amides is 1. The average molecular weight is 142 g/mol. The summed E-state index contributed by atoms with van der Waals surface area (Å²) in [5, 5.41) is 3.20. The van der Waals surface area contributed by atoms with E-state index in [0.717, 1.165) is 19.5 Å². The number of rotatable bonds is 2. The molecule has 0 radical (unpaired) electrons. The van der Waals surface area contributed by atoms with Gasteiger partial charge in [-0.05, 0) is 25.4 Å².